The van der Waals surface area contributed by atoms with E-state index in [4.69, 9.17) is 28.2 Å². The number of nitrogens with two attached hydrogens (primary N) is 2. The summed E-state index contributed by atoms with van der Waals surface area (Å²) in [5.74, 6) is 0. The highest BCUT2D eigenvalue weighted by atomic mass is 35.5. The minimum atomic E-state index is -0.862. The van der Waals surface area contributed by atoms with Crippen LogP contribution in [0.5, 0.6) is 0 Å². The number of nitrogen functional groups attached to an aromatic ring is 2. The lowest BCUT2D eigenvalue weighted by molar-refractivity contribution is 0.0957. The van der Waals surface area contributed by atoms with Crippen molar-refractivity contribution >= 4 is 23.0 Å². The summed E-state index contributed by atoms with van der Waals surface area (Å²) < 4.78 is 0. The third kappa shape index (κ3) is 3.22. The Morgan fingerprint density at radius 1 is 1.15 bits per heavy atom. The summed E-state index contributed by atoms with van der Waals surface area (Å²) in [4.78, 5) is 0. The highest BCUT2D eigenvalue weighted by Gasteiger charge is 2.14. The van der Waals surface area contributed by atoms with Crippen LogP contribution in [0.4, 0.5) is 11.4 Å². The largest absolute Gasteiger partial charge is 0.399 e. The molecule has 0 amide bonds. The van der Waals surface area contributed by atoms with Crippen molar-refractivity contribution in [3.05, 3.63) is 47.0 Å². The first-order chi connectivity index (χ1) is 9.51. The summed E-state index contributed by atoms with van der Waals surface area (Å²) in [5.41, 5.74) is 15.3. The molecule has 106 valence electrons. The molecule has 0 saturated heterocycles. The molecule has 20 heavy (non-hydrogen) atoms. The number of hydrogen-bond donors (Lipinski definition) is 4. The molecule has 0 radical (unpaired) electrons. The number of aliphatic hydroxyl groups excluding tert-OH is 2. The molecule has 0 fully saturated rings. The van der Waals surface area contributed by atoms with E-state index in [2.05, 4.69) is 0 Å². The Balaban J connectivity index is 2.55. The molecule has 0 aliphatic carbocycles. The normalized spacial score (nSPS) is 12.3. The SMILES string of the molecule is Nc1cc(N)c(CC(O)CO)c(-c2cccc(Cl)c2)c1. The molecule has 1 atom stereocenters. The number of rotatable bonds is 4. The third-order valence-electron chi connectivity index (χ3n) is 3.09. The quantitative estimate of drug-likeness (QED) is 0.649. The molecule has 0 saturated carbocycles. The van der Waals surface area contributed by atoms with E-state index in [0.29, 0.717) is 16.4 Å². The lowest BCUT2D eigenvalue weighted by atomic mass is 9.94. The molecule has 1 unspecified atom stereocenters. The molecule has 0 bridgehead atoms. The molecule has 0 spiro atoms. The number of halogens is 1. The molecule has 2 aromatic rings. The molecule has 2 aromatic carbocycles. The zero-order valence-corrected chi connectivity index (χ0v) is 11.6. The number of benzene rings is 2. The van der Waals surface area contributed by atoms with Gasteiger partial charge in [-0.15, -0.1) is 0 Å². The Morgan fingerprint density at radius 2 is 1.90 bits per heavy atom. The van der Waals surface area contributed by atoms with E-state index in [-0.39, 0.29) is 13.0 Å². The number of hydrogen-bond acceptors (Lipinski definition) is 4. The van der Waals surface area contributed by atoms with E-state index in [1.54, 1.807) is 18.2 Å². The van der Waals surface area contributed by atoms with Crippen LogP contribution in [0.3, 0.4) is 0 Å². The van der Waals surface area contributed by atoms with E-state index in [1.807, 2.05) is 18.2 Å². The minimum absolute atomic E-state index is 0.254. The molecular weight excluding hydrogens is 276 g/mol. The Kier molecular flexibility index (Phi) is 4.49. The van der Waals surface area contributed by atoms with Crippen molar-refractivity contribution in [2.75, 3.05) is 18.1 Å². The predicted octanol–water partition coefficient (Wildman–Crippen LogP) is 2.07. The zero-order valence-electron chi connectivity index (χ0n) is 10.9. The molecule has 2 rings (SSSR count). The summed E-state index contributed by atoms with van der Waals surface area (Å²) >= 11 is 6.01. The van der Waals surface area contributed by atoms with Gasteiger partial charge in [0, 0.05) is 22.8 Å². The van der Waals surface area contributed by atoms with Gasteiger partial charge in [-0.25, -0.2) is 0 Å². The van der Waals surface area contributed by atoms with Gasteiger partial charge in [0.05, 0.1) is 12.7 Å². The second-order valence-electron chi connectivity index (χ2n) is 4.69. The molecule has 0 aromatic heterocycles. The summed E-state index contributed by atoms with van der Waals surface area (Å²) in [5, 5.41) is 19.3. The van der Waals surface area contributed by atoms with Crippen molar-refractivity contribution in [3.63, 3.8) is 0 Å². The van der Waals surface area contributed by atoms with Crippen LogP contribution in [-0.2, 0) is 6.42 Å². The fraction of sp³-hybridized carbons (Fsp3) is 0.200. The molecule has 5 heteroatoms. The Bertz CT molecular complexity index is 617. The van der Waals surface area contributed by atoms with Gasteiger partial charge in [-0.1, -0.05) is 23.7 Å². The maximum absolute atomic E-state index is 9.67. The van der Waals surface area contributed by atoms with Gasteiger partial charge in [0.15, 0.2) is 0 Å². The lowest BCUT2D eigenvalue weighted by Gasteiger charge is -2.16. The molecule has 0 aliphatic rings. The van der Waals surface area contributed by atoms with Gasteiger partial charge in [-0.05, 0) is 41.0 Å². The Morgan fingerprint density at radius 3 is 2.55 bits per heavy atom. The summed E-state index contributed by atoms with van der Waals surface area (Å²) in [7, 11) is 0. The highest BCUT2D eigenvalue weighted by Crippen LogP contribution is 2.32. The summed E-state index contributed by atoms with van der Waals surface area (Å²) in [6, 6.07) is 10.8. The van der Waals surface area contributed by atoms with Crippen LogP contribution in [0.25, 0.3) is 11.1 Å². The maximum Gasteiger partial charge on any atom is 0.0812 e. The molecule has 4 nitrogen and oxygen atoms in total. The van der Waals surface area contributed by atoms with Crippen molar-refractivity contribution in [1.29, 1.82) is 0 Å². The van der Waals surface area contributed by atoms with Crippen LogP contribution >= 0.6 is 11.6 Å². The van der Waals surface area contributed by atoms with E-state index in [1.165, 1.54) is 0 Å². The Hall–Kier alpha value is -1.75. The van der Waals surface area contributed by atoms with Crippen LogP contribution in [0.2, 0.25) is 5.02 Å². The number of anilines is 2. The summed E-state index contributed by atoms with van der Waals surface area (Å²) in [6.07, 6.45) is -0.608. The first-order valence-corrected chi connectivity index (χ1v) is 6.61. The minimum Gasteiger partial charge on any atom is -0.399 e. The maximum atomic E-state index is 9.67. The van der Waals surface area contributed by atoms with E-state index < -0.39 is 6.10 Å². The van der Waals surface area contributed by atoms with Crippen LogP contribution in [0.1, 0.15) is 5.56 Å². The second-order valence-corrected chi connectivity index (χ2v) is 5.12. The highest BCUT2D eigenvalue weighted by molar-refractivity contribution is 6.30. The molecule has 6 N–H and O–H groups in total. The van der Waals surface area contributed by atoms with Crippen molar-refractivity contribution in [1.82, 2.24) is 0 Å². The molecule has 0 aliphatic heterocycles. The monoisotopic (exact) mass is 292 g/mol. The van der Waals surface area contributed by atoms with Gasteiger partial charge in [0.25, 0.3) is 0 Å². The van der Waals surface area contributed by atoms with Gasteiger partial charge in [0.2, 0.25) is 0 Å². The van der Waals surface area contributed by atoms with Crippen LogP contribution < -0.4 is 11.5 Å². The fourth-order valence-electron chi connectivity index (χ4n) is 2.16. The third-order valence-corrected chi connectivity index (χ3v) is 3.33. The van der Waals surface area contributed by atoms with Crippen molar-refractivity contribution in [2.45, 2.75) is 12.5 Å². The smallest absolute Gasteiger partial charge is 0.0812 e. The standard InChI is InChI=1S/C15H17ClN2O2/c16-10-3-1-2-9(4-10)13-5-11(17)6-15(18)14(13)7-12(20)8-19/h1-6,12,19-20H,7-8,17-18H2. The lowest BCUT2D eigenvalue weighted by Crippen LogP contribution is -2.17. The van der Waals surface area contributed by atoms with Gasteiger partial charge in [0.1, 0.15) is 0 Å². The Labute approximate surface area is 122 Å². The topological polar surface area (TPSA) is 92.5 Å². The van der Waals surface area contributed by atoms with Crippen molar-refractivity contribution < 1.29 is 10.2 Å². The predicted molar refractivity (Wildman–Crippen MR) is 82.5 cm³/mol. The molecule has 0 heterocycles. The van der Waals surface area contributed by atoms with Crippen LogP contribution in [0.15, 0.2) is 36.4 Å². The van der Waals surface area contributed by atoms with Crippen LogP contribution in [-0.4, -0.2) is 22.9 Å². The average molecular weight is 293 g/mol. The van der Waals surface area contributed by atoms with Gasteiger partial charge >= 0.3 is 0 Å². The van der Waals surface area contributed by atoms with Crippen molar-refractivity contribution in [3.8, 4) is 11.1 Å². The second kappa shape index (κ2) is 6.13. The van der Waals surface area contributed by atoms with E-state index in [9.17, 15) is 5.11 Å². The van der Waals surface area contributed by atoms with Gasteiger partial charge in [-0.2, -0.15) is 0 Å². The van der Waals surface area contributed by atoms with Gasteiger partial charge in [-0.3, -0.25) is 0 Å². The first-order valence-electron chi connectivity index (χ1n) is 6.24. The fourth-order valence-corrected chi connectivity index (χ4v) is 2.35. The zero-order chi connectivity index (χ0) is 14.7. The van der Waals surface area contributed by atoms with Crippen LogP contribution in [0, 0.1) is 0 Å². The van der Waals surface area contributed by atoms with Gasteiger partial charge < -0.3 is 21.7 Å². The van der Waals surface area contributed by atoms with E-state index in [0.717, 1.165) is 16.7 Å². The first kappa shape index (κ1) is 14.7. The molecular formula is C15H17ClN2O2. The van der Waals surface area contributed by atoms with Crippen molar-refractivity contribution in [2.24, 2.45) is 0 Å². The average Bonchev–Trinajstić information content (AvgIpc) is 2.41. The summed E-state index contributed by atoms with van der Waals surface area (Å²) in [6.45, 7) is -0.321. The number of aliphatic hydroxyl groups is 2. The van der Waals surface area contributed by atoms with E-state index >= 15 is 0 Å².